The van der Waals surface area contributed by atoms with Crippen molar-refractivity contribution in [3.63, 3.8) is 0 Å². The first-order chi connectivity index (χ1) is 11.9. The fraction of sp³-hybridized carbons (Fsp3) is 1.00. The molecule has 4 nitrogen and oxygen atoms in total. The number of hydrogen-bond acceptors (Lipinski definition) is 4. The topological polar surface area (TPSA) is 30.0 Å². The van der Waals surface area contributed by atoms with Gasteiger partial charge in [-0.25, -0.2) is 0 Å². The van der Waals surface area contributed by atoms with Crippen molar-refractivity contribution in [3.05, 3.63) is 0 Å². The molecule has 0 aromatic heterocycles. The van der Waals surface area contributed by atoms with E-state index in [2.05, 4.69) is 97.8 Å². The summed E-state index contributed by atoms with van der Waals surface area (Å²) >= 11 is 0. The van der Waals surface area contributed by atoms with Crippen molar-refractivity contribution >= 4 is 0 Å². The lowest BCUT2D eigenvalue weighted by Crippen LogP contribution is -2.56. The summed E-state index contributed by atoms with van der Waals surface area (Å²) in [6, 6.07) is 0. The van der Waals surface area contributed by atoms with Crippen molar-refractivity contribution in [1.29, 1.82) is 0 Å². The van der Waals surface area contributed by atoms with Crippen LogP contribution in [0.5, 0.6) is 0 Å². The molecule has 0 radical (unpaired) electrons. The molecule has 0 saturated carbocycles. The van der Waals surface area contributed by atoms with E-state index in [1.165, 1.54) is 0 Å². The summed E-state index contributed by atoms with van der Waals surface area (Å²) < 4.78 is 0. The maximum Gasteiger partial charge on any atom is 0.0443 e. The van der Waals surface area contributed by atoms with E-state index in [9.17, 15) is 5.11 Å². The molecule has 0 atom stereocenters. The molecule has 0 spiro atoms. The third-order valence-electron chi connectivity index (χ3n) is 5.15. The molecule has 0 aromatic rings. The van der Waals surface area contributed by atoms with Crippen LogP contribution in [-0.4, -0.2) is 81.3 Å². The van der Waals surface area contributed by atoms with Gasteiger partial charge in [0.05, 0.1) is 0 Å². The fourth-order valence-corrected chi connectivity index (χ4v) is 4.47. The number of rotatable bonds is 9. The minimum absolute atomic E-state index is 0.143. The summed E-state index contributed by atoms with van der Waals surface area (Å²) in [4.78, 5) is 7.72. The minimum Gasteiger partial charge on any atom is -0.396 e. The fourth-order valence-electron chi connectivity index (χ4n) is 4.47. The van der Waals surface area contributed by atoms with Crippen LogP contribution in [0.25, 0.3) is 0 Å². The average molecular weight is 386 g/mol. The lowest BCUT2D eigenvalue weighted by atomic mass is 9.95. The van der Waals surface area contributed by atoms with E-state index in [0.29, 0.717) is 0 Å². The van der Waals surface area contributed by atoms with Gasteiger partial charge in [-0.2, -0.15) is 0 Å². The second-order valence-corrected chi connectivity index (χ2v) is 11.9. The zero-order valence-corrected chi connectivity index (χ0v) is 20.7. The summed E-state index contributed by atoms with van der Waals surface area (Å²) in [5, 5.41) is 9.34. The van der Waals surface area contributed by atoms with Crippen LogP contribution in [0.1, 0.15) is 89.5 Å². The number of hydrogen-bond donors (Lipinski definition) is 1. The normalized spacial score (nSPS) is 14.7. The molecule has 0 bridgehead atoms. The van der Waals surface area contributed by atoms with Crippen LogP contribution in [0.2, 0.25) is 0 Å². The quantitative estimate of drug-likeness (QED) is 0.634. The van der Waals surface area contributed by atoms with Gasteiger partial charge >= 0.3 is 0 Å². The first kappa shape index (κ1) is 26.8. The van der Waals surface area contributed by atoms with Gasteiger partial charge in [0, 0.05) is 61.5 Å². The highest BCUT2D eigenvalue weighted by molar-refractivity contribution is 4.89. The predicted octanol–water partition coefficient (Wildman–Crippen LogP) is 4.47. The maximum absolute atomic E-state index is 9.34. The van der Waals surface area contributed by atoms with Crippen molar-refractivity contribution < 1.29 is 5.11 Å². The Bertz CT molecular complexity index is 343. The molecular weight excluding hydrogens is 334 g/mol. The van der Waals surface area contributed by atoms with Crippen molar-refractivity contribution in [2.45, 2.75) is 112 Å². The first-order valence-corrected chi connectivity index (χ1v) is 10.8. The van der Waals surface area contributed by atoms with Gasteiger partial charge in [0.2, 0.25) is 0 Å². The molecule has 0 aliphatic rings. The SMILES string of the molecule is CC(C)(C)N(CCN(CCCO)CCN(C(C)(C)C)C(C)(C)C)C(C)(C)C. The summed E-state index contributed by atoms with van der Waals surface area (Å²) in [5.74, 6) is 0. The highest BCUT2D eigenvalue weighted by Crippen LogP contribution is 2.25. The Morgan fingerprint density at radius 2 is 0.778 bits per heavy atom. The molecule has 4 heteroatoms. The molecule has 27 heavy (non-hydrogen) atoms. The highest BCUT2D eigenvalue weighted by atomic mass is 16.3. The molecule has 0 aliphatic heterocycles. The van der Waals surface area contributed by atoms with E-state index < -0.39 is 0 Å². The molecule has 0 fully saturated rings. The molecule has 0 rings (SSSR count). The van der Waals surface area contributed by atoms with Gasteiger partial charge < -0.3 is 10.0 Å². The van der Waals surface area contributed by atoms with Crippen LogP contribution >= 0.6 is 0 Å². The van der Waals surface area contributed by atoms with Crippen LogP contribution in [-0.2, 0) is 0 Å². The zero-order valence-electron chi connectivity index (χ0n) is 20.7. The molecule has 0 heterocycles. The second kappa shape index (κ2) is 10.0. The molecule has 0 aliphatic carbocycles. The van der Waals surface area contributed by atoms with Gasteiger partial charge in [0.15, 0.2) is 0 Å². The summed E-state index contributed by atoms with van der Waals surface area (Å²) in [7, 11) is 0. The monoisotopic (exact) mass is 385 g/mol. The van der Waals surface area contributed by atoms with Gasteiger partial charge in [-0.3, -0.25) is 9.80 Å². The van der Waals surface area contributed by atoms with Crippen LogP contribution in [0, 0.1) is 0 Å². The van der Waals surface area contributed by atoms with Crippen molar-refractivity contribution in [3.8, 4) is 0 Å². The molecule has 0 aromatic carbocycles. The summed E-state index contributed by atoms with van der Waals surface area (Å²) in [6.07, 6.45) is 0.843. The zero-order chi connectivity index (χ0) is 21.7. The van der Waals surface area contributed by atoms with E-state index in [0.717, 1.165) is 39.1 Å². The predicted molar refractivity (Wildman–Crippen MR) is 121 cm³/mol. The molecule has 0 amide bonds. The summed E-state index contributed by atoms with van der Waals surface area (Å²) in [6.45, 7) is 33.0. The Labute approximate surface area is 171 Å². The van der Waals surface area contributed by atoms with Gasteiger partial charge in [-0.1, -0.05) is 0 Å². The highest BCUT2D eigenvalue weighted by Gasteiger charge is 2.33. The van der Waals surface area contributed by atoms with E-state index in [4.69, 9.17) is 0 Å². The number of nitrogens with zero attached hydrogens (tertiary/aromatic N) is 3. The third-order valence-corrected chi connectivity index (χ3v) is 5.15. The van der Waals surface area contributed by atoms with E-state index >= 15 is 0 Å². The Morgan fingerprint density at radius 1 is 0.481 bits per heavy atom. The first-order valence-electron chi connectivity index (χ1n) is 10.8. The van der Waals surface area contributed by atoms with Crippen LogP contribution in [0.4, 0.5) is 0 Å². The Hall–Kier alpha value is -0.160. The van der Waals surface area contributed by atoms with Gasteiger partial charge in [-0.15, -0.1) is 0 Å². The lowest BCUT2D eigenvalue weighted by molar-refractivity contribution is 0.0128. The third kappa shape index (κ3) is 10.3. The molecule has 0 unspecified atom stereocenters. The molecule has 164 valence electrons. The van der Waals surface area contributed by atoms with Crippen LogP contribution < -0.4 is 0 Å². The van der Waals surface area contributed by atoms with Gasteiger partial charge in [-0.05, 0) is 89.5 Å². The molecule has 0 saturated heterocycles. The van der Waals surface area contributed by atoms with Crippen LogP contribution in [0.3, 0.4) is 0 Å². The lowest BCUT2D eigenvalue weighted by Gasteiger charge is -2.47. The second-order valence-electron chi connectivity index (χ2n) is 11.9. The minimum atomic E-state index is 0.143. The van der Waals surface area contributed by atoms with Crippen molar-refractivity contribution in [1.82, 2.24) is 14.7 Å². The van der Waals surface area contributed by atoms with Gasteiger partial charge in [0.1, 0.15) is 0 Å². The van der Waals surface area contributed by atoms with E-state index in [1.807, 2.05) is 0 Å². The van der Waals surface area contributed by atoms with Crippen LogP contribution in [0.15, 0.2) is 0 Å². The Kier molecular flexibility index (Phi) is 9.99. The van der Waals surface area contributed by atoms with E-state index in [1.54, 1.807) is 0 Å². The maximum atomic E-state index is 9.34. The average Bonchev–Trinajstić information content (AvgIpc) is 2.38. The van der Waals surface area contributed by atoms with Crippen molar-refractivity contribution in [2.75, 3.05) is 39.3 Å². The standard InChI is InChI=1S/C23H51N3O/c1-20(2,3)25(21(4,5)6)17-15-24(14-13-19-27)16-18-26(22(7,8)9)23(10,11)12/h27H,13-19H2,1-12H3. The smallest absolute Gasteiger partial charge is 0.0443 e. The Morgan fingerprint density at radius 3 is 1.00 bits per heavy atom. The number of aliphatic hydroxyl groups excluding tert-OH is 1. The van der Waals surface area contributed by atoms with E-state index in [-0.39, 0.29) is 28.8 Å². The van der Waals surface area contributed by atoms with Crippen molar-refractivity contribution in [2.24, 2.45) is 0 Å². The number of aliphatic hydroxyl groups is 1. The van der Waals surface area contributed by atoms with Gasteiger partial charge in [0.25, 0.3) is 0 Å². The molecule has 1 N–H and O–H groups in total. The Balaban J connectivity index is 5.12. The summed E-state index contributed by atoms with van der Waals surface area (Å²) in [5.41, 5.74) is 0.570. The largest absolute Gasteiger partial charge is 0.396 e. The molecular formula is C23H51N3O.